The molecule has 0 bridgehead atoms. The number of ether oxygens (including phenoxy) is 1. The predicted molar refractivity (Wildman–Crippen MR) is 137 cm³/mol. The van der Waals surface area contributed by atoms with Crippen LogP contribution in [-0.2, 0) is 4.74 Å². The topological polar surface area (TPSA) is 73.8 Å². The van der Waals surface area contributed by atoms with Crippen molar-refractivity contribution in [1.29, 1.82) is 0 Å². The van der Waals surface area contributed by atoms with Gasteiger partial charge >= 0.3 is 0 Å². The standard InChI is InChI=1S/C25H40N8O/c1-6-7-16-34-21(4)24-26-10-9-23(28-24)33-19(2)17-32(18-20(33)3)22-8-11-27-25(29-22)31-14-12-30(5)13-15-31/h8-11,19-21H,6-7,12-18H2,1-5H3/t19-,20+,21-/m1/s1. The highest BCUT2D eigenvalue weighted by Gasteiger charge is 2.32. The Morgan fingerprint density at radius 3 is 2.32 bits per heavy atom. The first-order valence-corrected chi connectivity index (χ1v) is 12.7. The van der Waals surface area contributed by atoms with E-state index in [1.165, 1.54) is 0 Å². The smallest absolute Gasteiger partial charge is 0.227 e. The molecule has 0 saturated carbocycles. The molecule has 4 rings (SSSR count). The van der Waals surface area contributed by atoms with Crippen LogP contribution in [-0.4, -0.2) is 89.8 Å². The molecule has 0 amide bonds. The maximum absolute atomic E-state index is 5.93. The Morgan fingerprint density at radius 1 is 0.941 bits per heavy atom. The van der Waals surface area contributed by atoms with Gasteiger partial charge in [0.2, 0.25) is 5.95 Å². The number of hydrogen-bond donors (Lipinski definition) is 0. The lowest BCUT2D eigenvalue weighted by Gasteiger charge is -2.45. The lowest BCUT2D eigenvalue weighted by molar-refractivity contribution is 0.0578. The minimum atomic E-state index is -0.104. The average Bonchev–Trinajstić information content (AvgIpc) is 2.84. The van der Waals surface area contributed by atoms with E-state index in [4.69, 9.17) is 14.7 Å². The van der Waals surface area contributed by atoms with Crippen LogP contribution in [0.15, 0.2) is 24.5 Å². The number of unbranched alkanes of at least 4 members (excludes halogenated alkanes) is 1. The van der Waals surface area contributed by atoms with Crippen LogP contribution in [0.2, 0.25) is 0 Å². The quantitative estimate of drug-likeness (QED) is 0.544. The summed E-state index contributed by atoms with van der Waals surface area (Å²) >= 11 is 0. The molecule has 0 N–H and O–H groups in total. The van der Waals surface area contributed by atoms with Crippen molar-refractivity contribution < 1.29 is 4.74 Å². The van der Waals surface area contributed by atoms with E-state index in [2.05, 4.69) is 57.4 Å². The van der Waals surface area contributed by atoms with Crippen LogP contribution in [0.1, 0.15) is 52.5 Å². The summed E-state index contributed by atoms with van der Waals surface area (Å²) in [6.45, 7) is 15.3. The SMILES string of the molecule is CCCCO[C@H](C)c1nccc(N2[C@H](C)CN(c3ccnc(N4CCN(C)CC4)n3)C[C@@H]2C)n1. The zero-order chi connectivity index (χ0) is 24.1. The van der Waals surface area contributed by atoms with Crippen molar-refractivity contribution in [2.45, 2.75) is 58.7 Å². The third-order valence-electron chi connectivity index (χ3n) is 6.81. The highest BCUT2D eigenvalue weighted by molar-refractivity contribution is 5.49. The van der Waals surface area contributed by atoms with E-state index in [0.717, 1.165) is 82.1 Å². The second kappa shape index (κ2) is 11.3. The van der Waals surface area contributed by atoms with E-state index in [1.807, 2.05) is 31.5 Å². The first-order valence-electron chi connectivity index (χ1n) is 12.7. The largest absolute Gasteiger partial charge is 0.371 e. The van der Waals surface area contributed by atoms with Gasteiger partial charge in [-0.15, -0.1) is 0 Å². The molecule has 0 unspecified atom stereocenters. The van der Waals surface area contributed by atoms with E-state index in [9.17, 15) is 0 Å². The first-order chi connectivity index (χ1) is 16.5. The van der Waals surface area contributed by atoms with Gasteiger partial charge in [0.1, 0.15) is 17.7 Å². The summed E-state index contributed by atoms with van der Waals surface area (Å²) in [5.41, 5.74) is 0. The molecule has 2 aromatic rings. The van der Waals surface area contributed by atoms with Gasteiger partial charge in [0.05, 0.1) is 0 Å². The van der Waals surface area contributed by atoms with Crippen LogP contribution in [0.5, 0.6) is 0 Å². The zero-order valence-corrected chi connectivity index (χ0v) is 21.4. The Hall–Kier alpha value is -2.52. The minimum absolute atomic E-state index is 0.104. The van der Waals surface area contributed by atoms with Gasteiger partial charge in [-0.3, -0.25) is 0 Å². The maximum Gasteiger partial charge on any atom is 0.227 e. The zero-order valence-electron chi connectivity index (χ0n) is 21.4. The van der Waals surface area contributed by atoms with E-state index >= 15 is 0 Å². The molecule has 2 aromatic heterocycles. The predicted octanol–water partition coefficient (Wildman–Crippen LogP) is 3.00. The van der Waals surface area contributed by atoms with Crippen LogP contribution in [0.3, 0.4) is 0 Å². The number of aromatic nitrogens is 4. The number of hydrogen-bond acceptors (Lipinski definition) is 9. The van der Waals surface area contributed by atoms with Crippen molar-refractivity contribution in [3.63, 3.8) is 0 Å². The Kier molecular flexibility index (Phi) is 8.15. The fourth-order valence-corrected chi connectivity index (χ4v) is 4.82. The molecule has 4 heterocycles. The van der Waals surface area contributed by atoms with Gasteiger partial charge in [-0.05, 0) is 46.4 Å². The summed E-state index contributed by atoms with van der Waals surface area (Å²) in [5, 5.41) is 0. The van der Waals surface area contributed by atoms with Crippen LogP contribution in [0.4, 0.5) is 17.6 Å². The number of rotatable bonds is 8. The van der Waals surface area contributed by atoms with Crippen molar-refractivity contribution in [3.05, 3.63) is 30.4 Å². The Morgan fingerprint density at radius 2 is 1.62 bits per heavy atom. The van der Waals surface area contributed by atoms with Gasteiger partial charge in [0, 0.05) is 70.4 Å². The molecular weight excluding hydrogens is 428 g/mol. The molecule has 2 saturated heterocycles. The van der Waals surface area contributed by atoms with Gasteiger partial charge < -0.3 is 24.3 Å². The number of piperazine rings is 2. The normalized spacial score (nSPS) is 22.8. The van der Waals surface area contributed by atoms with Crippen molar-refractivity contribution in [2.24, 2.45) is 0 Å². The van der Waals surface area contributed by atoms with Crippen molar-refractivity contribution >= 4 is 17.6 Å². The highest BCUT2D eigenvalue weighted by atomic mass is 16.5. The number of likely N-dealkylation sites (N-methyl/N-ethyl adjacent to an activating group) is 1. The van der Waals surface area contributed by atoms with E-state index in [0.29, 0.717) is 0 Å². The highest BCUT2D eigenvalue weighted by Crippen LogP contribution is 2.27. The van der Waals surface area contributed by atoms with E-state index in [-0.39, 0.29) is 18.2 Å². The Balaban J connectivity index is 1.44. The summed E-state index contributed by atoms with van der Waals surface area (Å²) in [4.78, 5) is 28.3. The Bertz CT molecular complexity index is 907. The summed E-state index contributed by atoms with van der Waals surface area (Å²) in [6.07, 6.45) is 5.83. The molecule has 9 heteroatoms. The molecule has 34 heavy (non-hydrogen) atoms. The van der Waals surface area contributed by atoms with Crippen LogP contribution in [0.25, 0.3) is 0 Å². The van der Waals surface area contributed by atoms with Crippen molar-refractivity contribution in [1.82, 2.24) is 24.8 Å². The van der Waals surface area contributed by atoms with Crippen molar-refractivity contribution in [2.75, 3.05) is 67.6 Å². The summed E-state index contributed by atoms with van der Waals surface area (Å²) in [5.74, 6) is 3.56. The van der Waals surface area contributed by atoms with Gasteiger partial charge in [0.25, 0.3) is 0 Å². The fraction of sp³-hybridized carbons (Fsp3) is 0.680. The van der Waals surface area contributed by atoms with Gasteiger partial charge in [-0.1, -0.05) is 13.3 Å². The van der Waals surface area contributed by atoms with Crippen LogP contribution < -0.4 is 14.7 Å². The van der Waals surface area contributed by atoms with Gasteiger partial charge in [-0.25, -0.2) is 15.0 Å². The van der Waals surface area contributed by atoms with E-state index in [1.54, 1.807) is 0 Å². The maximum atomic E-state index is 5.93. The summed E-state index contributed by atoms with van der Waals surface area (Å²) < 4.78 is 5.93. The summed E-state index contributed by atoms with van der Waals surface area (Å²) in [6, 6.07) is 4.61. The van der Waals surface area contributed by atoms with Gasteiger partial charge in [0.15, 0.2) is 5.82 Å². The van der Waals surface area contributed by atoms with Crippen molar-refractivity contribution in [3.8, 4) is 0 Å². The molecule has 2 aliphatic rings. The first kappa shape index (κ1) is 24.6. The lowest BCUT2D eigenvalue weighted by atomic mass is 10.1. The molecule has 3 atom stereocenters. The van der Waals surface area contributed by atoms with E-state index < -0.39 is 0 Å². The second-order valence-corrected chi connectivity index (χ2v) is 9.66. The van der Waals surface area contributed by atoms with Gasteiger partial charge in [-0.2, -0.15) is 4.98 Å². The molecule has 2 fully saturated rings. The second-order valence-electron chi connectivity index (χ2n) is 9.66. The molecular formula is C25H40N8O. The lowest BCUT2D eigenvalue weighted by Crippen LogP contribution is -2.57. The molecule has 186 valence electrons. The molecule has 0 aromatic carbocycles. The summed E-state index contributed by atoms with van der Waals surface area (Å²) in [7, 11) is 2.16. The molecule has 2 aliphatic heterocycles. The number of anilines is 3. The molecule has 0 radical (unpaired) electrons. The minimum Gasteiger partial charge on any atom is -0.371 e. The van der Waals surface area contributed by atoms with Crippen LogP contribution in [0, 0.1) is 0 Å². The Labute approximate surface area is 204 Å². The third kappa shape index (κ3) is 5.75. The fourth-order valence-electron chi connectivity index (χ4n) is 4.82. The van der Waals surface area contributed by atoms with Crippen LogP contribution >= 0.6 is 0 Å². The molecule has 0 aliphatic carbocycles. The monoisotopic (exact) mass is 468 g/mol. The third-order valence-corrected chi connectivity index (χ3v) is 6.81. The molecule has 9 nitrogen and oxygen atoms in total. The average molecular weight is 469 g/mol. The molecule has 0 spiro atoms. The number of nitrogens with zero attached hydrogens (tertiary/aromatic N) is 8.